The highest BCUT2D eigenvalue weighted by molar-refractivity contribution is 6.61. The zero-order valence-corrected chi connectivity index (χ0v) is 6.87. The van der Waals surface area contributed by atoms with Crippen LogP contribution in [0.4, 0.5) is 8.78 Å². The van der Waals surface area contributed by atoms with Crippen molar-refractivity contribution < 1.29 is 23.2 Å². The SMILES string of the molecule is OB(O)c1c(F)cc(F)c2ccoc12. The molecule has 2 rings (SSSR count). The van der Waals surface area contributed by atoms with Crippen LogP contribution in [0.3, 0.4) is 0 Å². The van der Waals surface area contributed by atoms with Crippen molar-refractivity contribution in [3.8, 4) is 0 Å². The Morgan fingerprint density at radius 1 is 1.21 bits per heavy atom. The Morgan fingerprint density at radius 2 is 1.93 bits per heavy atom. The summed E-state index contributed by atoms with van der Waals surface area (Å²) in [7, 11) is -2.02. The van der Waals surface area contributed by atoms with Crippen LogP contribution in [0.1, 0.15) is 0 Å². The topological polar surface area (TPSA) is 53.6 Å². The lowest BCUT2D eigenvalue weighted by Crippen LogP contribution is -2.33. The fourth-order valence-corrected chi connectivity index (χ4v) is 1.32. The van der Waals surface area contributed by atoms with E-state index in [1.807, 2.05) is 0 Å². The van der Waals surface area contributed by atoms with E-state index < -0.39 is 24.2 Å². The average Bonchev–Trinajstić information content (AvgIpc) is 2.51. The van der Waals surface area contributed by atoms with Crippen LogP contribution in [0.2, 0.25) is 0 Å². The number of hydrogen-bond acceptors (Lipinski definition) is 3. The van der Waals surface area contributed by atoms with E-state index in [2.05, 4.69) is 0 Å². The van der Waals surface area contributed by atoms with Gasteiger partial charge in [-0.3, -0.25) is 0 Å². The molecule has 1 aromatic heterocycles. The minimum absolute atomic E-state index is 0.0227. The molecule has 1 heterocycles. The Hall–Kier alpha value is -1.40. The van der Waals surface area contributed by atoms with Crippen LogP contribution in [-0.2, 0) is 0 Å². The maximum absolute atomic E-state index is 13.1. The molecule has 72 valence electrons. The Morgan fingerprint density at radius 3 is 2.57 bits per heavy atom. The van der Waals surface area contributed by atoms with Gasteiger partial charge in [-0.15, -0.1) is 0 Å². The van der Waals surface area contributed by atoms with E-state index in [9.17, 15) is 8.78 Å². The molecule has 1 aromatic carbocycles. The maximum Gasteiger partial charge on any atom is 0.495 e. The zero-order chi connectivity index (χ0) is 10.3. The summed E-state index contributed by atoms with van der Waals surface area (Å²) < 4.78 is 30.9. The third-order valence-electron chi connectivity index (χ3n) is 1.94. The smallest absolute Gasteiger partial charge is 0.464 e. The first-order chi connectivity index (χ1) is 6.61. The van der Waals surface area contributed by atoms with Gasteiger partial charge in [-0.1, -0.05) is 0 Å². The highest BCUT2D eigenvalue weighted by Crippen LogP contribution is 2.18. The number of halogens is 2. The minimum Gasteiger partial charge on any atom is -0.464 e. The molecule has 0 saturated carbocycles. The number of fused-ring (bicyclic) bond motifs is 1. The van der Waals surface area contributed by atoms with Crippen molar-refractivity contribution in [2.75, 3.05) is 0 Å². The number of benzene rings is 1. The van der Waals surface area contributed by atoms with Gasteiger partial charge in [0.05, 0.1) is 17.1 Å². The molecular weight excluding hydrogens is 193 g/mol. The van der Waals surface area contributed by atoms with Crippen molar-refractivity contribution in [3.05, 3.63) is 30.0 Å². The molecule has 0 fully saturated rings. The standard InChI is InChI=1S/C8H5BF2O3/c10-5-3-6(11)7(9(12)13)8-4(5)1-2-14-8/h1-3,12-13H. The molecule has 2 N–H and O–H groups in total. The molecule has 0 atom stereocenters. The molecule has 14 heavy (non-hydrogen) atoms. The van der Waals surface area contributed by atoms with Crippen molar-refractivity contribution in [1.82, 2.24) is 0 Å². The quantitative estimate of drug-likeness (QED) is 0.651. The molecule has 3 nitrogen and oxygen atoms in total. The first-order valence-electron chi connectivity index (χ1n) is 3.82. The van der Waals surface area contributed by atoms with Crippen LogP contribution in [0.25, 0.3) is 11.0 Å². The van der Waals surface area contributed by atoms with Crippen molar-refractivity contribution >= 4 is 23.6 Å². The third kappa shape index (κ3) is 1.20. The van der Waals surface area contributed by atoms with E-state index in [4.69, 9.17) is 14.5 Å². The van der Waals surface area contributed by atoms with Crippen molar-refractivity contribution in [2.24, 2.45) is 0 Å². The molecule has 2 aromatic rings. The third-order valence-corrected chi connectivity index (χ3v) is 1.94. The highest BCUT2D eigenvalue weighted by atomic mass is 19.1. The Balaban J connectivity index is 2.86. The summed E-state index contributed by atoms with van der Waals surface area (Å²) in [6.45, 7) is 0. The summed E-state index contributed by atoms with van der Waals surface area (Å²) in [4.78, 5) is 0. The summed E-state index contributed by atoms with van der Waals surface area (Å²) >= 11 is 0. The fourth-order valence-electron chi connectivity index (χ4n) is 1.32. The Bertz CT molecular complexity index is 481. The van der Waals surface area contributed by atoms with E-state index in [-0.39, 0.29) is 11.0 Å². The number of furan rings is 1. The van der Waals surface area contributed by atoms with Gasteiger partial charge in [-0.05, 0) is 6.07 Å². The lowest BCUT2D eigenvalue weighted by molar-refractivity contribution is 0.422. The van der Waals surface area contributed by atoms with Gasteiger partial charge in [0, 0.05) is 6.07 Å². The molecule has 0 saturated heterocycles. The molecule has 0 aliphatic heterocycles. The minimum atomic E-state index is -2.02. The largest absolute Gasteiger partial charge is 0.495 e. The van der Waals surface area contributed by atoms with E-state index in [1.54, 1.807) is 0 Å². The summed E-state index contributed by atoms with van der Waals surface area (Å²) in [5, 5.41) is 17.7. The van der Waals surface area contributed by atoms with Gasteiger partial charge >= 0.3 is 7.12 Å². The van der Waals surface area contributed by atoms with Crippen molar-refractivity contribution in [3.63, 3.8) is 0 Å². The van der Waals surface area contributed by atoms with Crippen LogP contribution >= 0.6 is 0 Å². The second kappa shape index (κ2) is 3.07. The summed E-state index contributed by atoms with van der Waals surface area (Å²) in [6, 6.07) is 1.88. The summed E-state index contributed by atoms with van der Waals surface area (Å²) in [6.07, 6.45) is 1.15. The summed E-state index contributed by atoms with van der Waals surface area (Å²) in [5.41, 5.74) is -0.635. The number of hydrogen-bond donors (Lipinski definition) is 2. The summed E-state index contributed by atoms with van der Waals surface area (Å²) in [5.74, 6) is -1.84. The van der Waals surface area contributed by atoms with Crippen LogP contribution in [-0.4, -0.2) is 17.2 Å². The van der Waals surface area contributed by atoms with Gasteiger partial charge < -0.3 is 14.5 Å². The average molecular weight is 198 g/mol. The van der Waals surface area contributed by atoms with Crippen molar-refractivity contribution in [2.45, 2.75) is 0 Å². The first-order valence-corrected chi connectivity index (χ1v) is 3.82. The maximum atomic E-state index is 13.1. The van der Waals surface area contributed by atoms with Gasteiger partial charge in [0.25, 0.3) is 0 Å². The predicted octanol–water partition coefficient (Wildman–Crippen LogP) is 0.391. The van der Waals surface area contributed by atoms with Crippen LogP contribution in [0.5, 0.6) is 0 Å². The van der Waals surface area contributed by atoms with Gasteiger partial charge in [0.2, 0.25) is 0 Å². The number of rotatable bonds is 1. The van der Waals surface area contributed by atoms with Gasteiger partial charge in [0.15, 0.2) is 0 Å². The molecule has 0 aliphatic carbocycles. The normalized spacial score (nSPS) is 10.9. The molecule has 0 amide bonds. The van der Waals surface area contributed by atoms with Gasteiger partial charge in [0.1, 0.15) is 17.2 Å². The predicted molar refractivity (Wildman–Crippen MR) is 46.0 cm³/mol. The second-order valence-corrected chi connectivity index (χ2v) is 2.79. The molecule has 0 radical (unpaired) electrons. The fraction of sp³-hybridized carbons (Fsp3) is 0. The molecule has 0 aliphatic rings. The first kappa shape index (κ1) is 9.17. The monoisotopic (exact) mass is 198 g/mol. The van der Waals surface area contributed by atoms with E-state index in [0.717, 1.165) is 6.26 Å². The van der Waals surface area contributed by atoms with Crippen LogP contribution in [0, 0.1) is 11.6 Å². The van der Waals surface area contributed by atoms with Crippen LogP contribution < -0.4 is 5.46 Å². The van der Waals surface area contributed by atoms with Crippen molar-refractivity contribution in [1.29, 1.82) is 0 Å². The van der Waals surface area contributed by atoms with E-state index in [0.29, 0.717) is 6.07 Å². The zero-order valence-electron chi connectivity index (χ0n) is 6.87. The molecule has 0 bridgehead atoms. The van der Waals surface area contributed by atoms with Crippen LogP contribution in [0.15, 0.2) is 22.8 Å². The van der Waals surface area contributed by atoms with Gasteiger partial charge in [-0.2, -0.15) is 0 Å². The molecule has 6 heteroatoms. The highest BCUT2D eigenvalue weighted by Gasteiger charge is 2.24. The lowest BCUT2D eigenvalue weighted by atomic mass is 9.79. The second-order valence-electron chi connectivity index (χ2n) is 2.79. The molecular formula is C8H5BF2O3. The van der Waals surface area contributed by atoms with E-state index >= 15 is 0 Å². The van der Waals surface area contributed by atoms with Gasteiger partial charge in [-0.25, -0.2) is 8.78 Å². The molecule has 0 unspecified atom stereocenters. The Labute approximate surface area is 77.7 Å². The van der Waals surface area contributed by atoms with E-state index in [1.165, 1.54) is 6.07 Å². The Kier molecular flexibility index (Phi) is 2.01. The lowest BCUT2D eigenvalue weighted by Gasteiger charge is -2.02. The molecule has 0 spiro atoms.